The Morgan fingerprint density at radius 3 is 2.91 bits per heavy atom. The summed E-state index contributed by atoms with van der Waals surface area (Å²) in [6.07, 6.45) is 3.32. The Balaban J connectivity index is 1.85. The number of nitrogens with two attached hydrogens (primary N) is 1. The van der Waals surface area contributed by atoms with E-state index in [9.17, 15) is 0 Å². The van der Waals surface area contributed by atoms with Gasteiger partial charge in [-0.3, -0.25) is 4.98 Å². The van der Waals surface area contributed by atoms with E-state index >= 15 is 0 Å². The molecule has 0 fully saturated rings. The number of pyridine rings is 1. The van der Waals surface area contributed by atoms with Crippen LogP contribution in [-0.2, 0) is 6.54 Å². The number of furan rings is 1. The van der Waals surface area contributed by atoms with E-state index in [4.69, 9.17) is 10.2 Å². The lowest BCUT2D eigenvalue weighted by Gasteiger charge is -2.05. The molecule has 0 saturated heterocycles. The Kier molecular flexibility index (Phi) is 3.00. The van der Waals surface area contributed by atoms with Crippen molar-refractivity contribution >= 4 is 17.1 Å². The van der Waals surface area contributed by atoms with Crippen molar-refractivity contribution in [3.05, 3.63) is 48.0 Å². The third kappa shape index (κ3) is 2.30. The van der Waals surface area contributed by atoms with Gasteiger partial charge in [0.25, 0.3) is 0 Å². The first kappa shape index (κ1) is 13.4. The van der Waals surface area contributed by atoms with Crippen molar-refractivity contribution in [2.75, 3.05) is 5.73 Å². The summed E-state index contributed by atoms with van der Waals surface area (Å²) in [5.41, 5.74) is 9.43. The first-order chi connectivity index (χ1) is 11.2. The number of rotatable bonds is 3. The maximum atomic E-state index is 5.83. The molecule has 2 N–H and O–H groups in total. The molecule has 0 aliphatic heterocycles. The highest BCUT2D eigenvalue weighted by Gasteiger charge is 2.17. The molecular formula is C15H13N7O. The lowest BCUT2D eigenvalue weighted by molar-refractivity contribution is 0.580. The molecule has 0 bridgehead atoms. The van der Waals surface area contributed by atoms with E-state index in [1.54, 1.807) is 29.3 Å². The average Bonchev–Trinajstić information content (AvgIpc) is 3.19. The minimum absolute atomic E-state index is 0.144. The third-order valence-electron chi connectivity index (χ3n) is 3.55. The molecule has 4 aromatic rings. The average molecular weight is 307 g/mol. The van der Waals surface area contributed by atoms with Gasteiger partial charge in [-0.25, -0.2) is 9.67 Å². The maximum Gasteiger partial charge on any atom is 0.222 e. The highest BCUT2D eigenvalue weighted by molar-refractivity contribution is 5.85. The zero-order valence-corrected chi connectivity index (χ0v) is 12.3. The normalized spacial score (nSPS) is 11.2. The van der Waals surface area contributed by atoms with E-state index < -0.39 is 0 Å². The van der Waals surface area contributed by atoms with Crippen LogP contribution >= 0.6 is 0 Å². The second-order valence-electron chi connectivity index (χ2n) is 5.09. The van der Waals surface area contributed by atoms with E-state index in [0.29, 0.717) is 29.2 Å². The predicted molar refractivity (Wildman–Crippen MR) is 83.3 cm³/mol. The van der Waals surface area contributed by atoms with Gasteiger partial charge in [0, 0.05) is 6.20 Å². The minimum atomic E-state index is 0.144. The Labute approximate surface area is 131 Å². The molecule has 8 heteroatoms. The number of anilines is 1. The Morgan fingerprint density at radius 2 is 2.13 bits per heavy atom. The van der Waals surface area contributed by atoms with E-state index in [-0.39, 0.29) is 5.95 Å². The molecule has 0 aromatic carbocycles. The van der Waals surface area contributed by atoms with Gasteiger partial charge in [-0.1, -0.05) is 11.3 Å². The fourth-order valence-corrected chi connectivity index (χ4v) is 2.39. The number of aryl methyl sites for hydroxylation is 1. The van der Waals surface area contributed by atoms with Gasteiger partial charge in [0.05, 0.1) is 18.5 Å². The van der Waals surface area contributed by atoms with Crippen molar-refractivity contribution in [2.24, 2.45) is 0 Å². The number of hydrogen-bond donors (Lipinski definition) is 1. The molecular weight excluding hydrogens is 294 g/mol. The quantitative estimate of drug-likeness (QED) is 0.614. The summed E-state index contributed by atoms with van der Waals surface area (Å²) >= 11 is 0. The molecule has 0 spiro atoms. The van der Waals surface area contributed by atoms with Gasteiger partial charge in [-0.2, -0.15) is 4.98 Å². The molecule has 8 nitrogen and oxygen atoms in total. The summed E-state index contributed by atoms with van der Waals surface area (Å²) < 4.78 is 7.06. The van der Waals surface area contributed by atoms with Crippen molar-refractivity contribution in [3.63, 3.8) is 0 Å². The van der Waals surface area contributed by atoms with Crippen LogP contribution in [0, 0.1) is 6.92 Å². The maximum absolute atomic E-state index is 5.83. The molecule has 4 rings (SSSR count). The van der Waals surface area contributed by atoms with Crippen molar-refractivity contribution in [3.8, 4) is 11.5 Å². The summed E-state index contributed by atoms with van der Waals surface area (Å²) in [5, 5.41) is 8.36. The van der Waals surface area contributed by atoms with Crippen LogP contribution < -0.4 is 5.73 Å². The van der Waals surface area contributed by atoms with E-state index in [2.05, 4.69) is 25.3 Å². The topological polar surface area (TPSA) is 109 Å². The van der Waals surface area contributed by atoms with Crippen LogP contribution in [0.3, 0.4) is 0 Å². The molecule has 4 aromatic heterocycles. The van der Waals surface area contributed by atoms with Crippen LogP contribution in [-0.4, -0.2) is 29.9 Å². The molecule has 0 saturated carbocycles. The van der Waals surface area contributed by atoms with E-state index in [0.717, 1.165) is 11.3 Å². The van der Waals surface area contributed by atoms with Crippen molar-refractivity contribution in [1.82, 2.24) is 29.9 Å². The van der Waals surface area contributed by atoms with Crippen LogP contribution in [0.4, 0.5) is 5.95 Å². The smallest absolute Gasteiger partial charge is 0.222 e. The summed E-state index contributed by atoms with van der Waals surface area (Å²) in [6, 6.07) is 7.47. The van der Waals surface area contributed by atoms with Crippen LogP contribution in [0.1, 0.15) is 11.3 Å². The number of aromatic nitrogens is 6. The van der Waals surface area contributed by atoms with Gasteiger partial charge < -0.3 is 10.2 Å². The van der Waals surface area contributed by atoms with Gasteiger partial charge >= 0.3 is 0 Å². The van der Waals surface area contributed by atoms with Crippen molar-refractivity contribution in [1.29, 1.82) is 0 Å². The van der Waals surface area contributed by atoms with E-state index in [1.807, 2.05) is 19.1 Å². The van der Waals surface area contributed by atoms with Gasteiger partial charge in [0.1, 0.15) is 5.69 Å². The van der Waals surface area contributed by atoms with Gasteiger partial charge in [0.15, 0.2) is 16.9 Å². The molecule has 23 heavy (non-hydrogen) atoms. The summed E-state index contributed by atoms with van der Waals surface area (Å²) in [7, 11) is 0. The Morgan fingerprint density at radius 1 is 1.22 bits per heavy atom. The second-order valence-corrected chi connectivity index (χ2v) is 5.09. The van der Waals surface area contributed by atoms with Crippen molar-refractivity contribution < 1.29 is 4.42 Å². The lowest BCUT2D eigenvalue weighted by Crippen LogP contribution is -2.07. The first-order valence-corrected chi connectivity index (χ1v) is 7.03. The van der Waals surface area contributed by atoms with Gasteiger partial charge in [-0.05, 0) is 30.7 Å². The second kappa shape index (κ2) is 5.16. The van der Waals surface area contributed by atoms with Crippen LogP contribution in [0.5, 0.6) is 0 Å². The summed E-state index contributed by atoms with van der Waals surface area (Å²) in [5.74, 6) is 0.718. The molecule has 0 amide bonds. The Hall–Kier alpha value is -3.29. The van der Waals surface area contributed by atoms with Crippen LogP contribution in [0.15, 0.2) is 41.1 Å². The fourth-order valence-electron chi connectivity index (χ4n) is 2.39. The largest absolute Gasteiger partial charge is 0.463 e. The van der Waals surface area contributed by atoms with Gasteiger partial charge in [0.2, 0.25) is 5.95 Å². The highest BCUT2D eigenvalue weighted by atomic mass is 16.3. The SMILES string of the molecule is Cc1cccnc1Cn1nnc2c(-c3ccco3)nc(N)nc21. The minimum Gasteiger partial charge on any atom is -0.463 e. The summed E-state index contributed by atoms with van der Waals surface area (Å²) in [4.78, 5) is 12.9. The first-order valence-electron chi connectivity index (χ1n) is 7.03. The monoisotopic (exact) mass is 307 g/mol. The molecule has 0 unspecified atom stereocenters. The fraction of sp³-hybridized carbons (Fsp3) is 0.133. The van der Waals surface area contributed by atoms with Crippen molar-refractivity contribution in [2.45, 2.75) is 13.5 Å². The zero-order valence-electron chi connectivity index (χ0n) is 12.3. The standard InChI is InChI=1S/C15H13N7O/c1-9-4-2-6-17-10(9)8-22-14-13(20-21-22)12(18-15(16)19-14)11-5-3-7-23-11/h2-7H,8H2,1H3,(H2,16,18,19). The van der Waals surface area contributed by atoms with Crippen LogP contribution in [0.2, 0.25) is 0 Å². The number of fused-ring (bicyclic) bond motifs is 1. The number of nitrogen functional groups attached to an aromatic ring is 1. The highest BCUT2D eigenvalue weighted by Crippen LogP contribution is 2.25. The number of hydrogen-bond acceptors (Lipinski definition) is 7. The van der Waals surface area contributed by atoms with Gasteiger partial charge in [-0.15, -0.1) is 5.10 Å². The molecule has 0 atom stereocenters. The molecule has 0 aliphatic carbocycles. The Bertz CT molecular complexity index is 975. The molecule has 0 aliphatic rings. The molecule has 4 heterocycles. The molecule has 0 radical (unpaired) electrons. The number of nitrogens with zero attached hydrogens (tertiary/aromatic N) is 6. The lowest BCUT2D eigenvalue weighted by atomic mass is 10.2. The molecule has 114 valence electrons. The predicted octanol–water partition coefficient (Wildman–Crippen LogP) is 1.82. The zero-order chi connectivity index (χ0) is 15.8. The summed E-state index contributed by atoms with van der Waals surface area (Å²) in [6.45, 7) is 2.45. The third-order valence-corrected chi connectivity index (χ3v) is 3.55. The van der Waals surface area contributed by atoms with E-state index in [1.165, 1.54) is 0 Å². The van der Waals surface area contributed by atoms with Crippen LogP contribution in [0.25, 0.3) is 22.6 Å².